The van der Waals surface area contributed by atoms with Crippen LogP contribution in [0.5, 0.6) is 0 Å². The largest absolute Gasteiger partial charge is 0 e. The Kier molecular flexibility index (Phi) is 19.9. The summed E-state index contributed by atoms with van der Waals surface area (Å²) in [6.07, 6.45) is 7.50. The van der Waals surface area contributed by atoms with E-state index in [1.165, 1.54) is 12.8 Å². The fourth-order valence-electron chi connectivity index (χ4n) is 2.72. The van der Waals surface area contributed by atoms with Crippen molar-refractivity contribution in [3.8, 4) is 0 Å². The zero-order chi connectivity index (χ0) is 18.6. The summed E-state index contributed by atoms with van der Waals surface area (Å²) >= 11 is 0. The molecule has 3 saturated carbocycles. The van der Waals surface area contributed by atoms with Gasteiger partial charge in [-0.15, -0.1) is 0 Å². The van der Waals surface area contributed by atoms with Gasteiger partial charge < -0.3 is 17.3 Å². The van der Waals surface area contributed by atoms with Crippen molar-refractivity contribution < 1.29 is 48.3 Å². The van der Waals surface area contributed by atoms with Gasteiger partial charge in [0.1, 0.15) is 0 Å². The molecule has 0 N–H and O–H groups in total. The summed E-state index contributed by atoms with van der Waals surface area (Å²) in [6, 6.07) is 0. The molecule has 3 fully saturated rings. The molecule has 131 valence electrons. The molecule has 0 heterocycles. The van der Waals surface area contributed by atoms with Crippen molar-refractivity contribution in [3.05, 3.63) is 38.7 Å². The van der Waals surface area contributed by atoms with E-state index in [4.69, 9.17) is 14.0 Å². The van der Waals surface area contributed by atoms with Crippen LogP contribution in [0.15, 0.2) is 0 Å². The van der Waals surface area contributed by atoms with Gasteiger partial charge >= 0.3 is 41.2 Å². The van der Waals surface area contributed by atoms with Gasteiger partial charge in [-0.05, 0) is 48.9 Å². The minimum Gasteiger partial charge on any atom is 0 e. The first kappa shape index (κ1) is 30.4. The van der Waals surface area contributed by atoms with E-state index in [0.717, 1.165) is 11.8 Å². The molecule has 2 atom stereocenters. The molecule has 3 radical (unpaired) electrons. The molecular formula is C14H17BF4FeO3-. The van der Waals surface area contributed by atoms with Crippen molar-refractivity contribution in [1.82, 2.24) is 0 Å². The molecule has 0 saturated heterocycles. The van der Waals surface area contributed by atoms with Crippen molar-refractivity contribution in [1.29, 1.82) is 0 Å². The van der Waals surface area contributed by atoms with Crippen molar-refractivity contribution in [2.45, 2.75) is 33.6 Å². The van der Waals surface area contributed by atoms with E-state index in [-0.39, 0.29) is 17.1 Å². The number of halogens is 4. The Morgan fingerprint density at radius 1 is 1.09 bits per heavy atom. The first-order valence-electron chi connectivity index (χ1n) is 6.14. The molecule has 0 aromatic heterocycles. The van der Waals surface area contributed by atoms with Gasteiger partial charge in [0.25, 0.3) is 0 Å². The monoisotopic (exact) mass is 376 g/mol. The molecule has 0 unspecified atom stereocenters. The summed E-state index contributed by atoms with van der Waals surface area (Å²) in [4.78, 5) is 0. The van der Waals surface area contributed by atoms with Crippen molar-refractivity contribution >= 4 is 7.25 Å². The fraction of sp³-hybridized carbons (Fsp3) is 0.571. The smallest absolute Gasteiger partial charge is 0 e. The Bertz CT molecular complexity index is 334. The third-order valence-electron chi connectivity index (χ3n) is 3.84. The molecule has 0 amide bonds. The van der Waals surface area contributed by atoms with Crippen molar-refractivity contribution in [2.24, 2.45) is 17.3 Å². The van der Waals surface area contributed by atoms with Gasteiger partial charge in [0.05, 0.1) is 0 Å². The molecule has 9 heteroatoms. The Morgan fingerprint density at radius 3 is 1.61 bits per heavy atom. The Hall–Kier alpha value is -0.476. The van der Waals surface area contributed by atoms with Crippen LogP contribution < -0.4 is 0 Å². The van der Waals surface area contributed by atoms with E-state index < -0.39 is 7.25 Å². The van der Waals surface area contributed by atoms with Crippen LogP contribution in [0.2, 0.25) is 0 Å². The third-order valence-corrected chi connectivity index (χ3v) is 3.84. The molecule has 2 bridgehead atoms. The average molecular weight is 376 g/mol. The van der Waals surface area contributed by atoms with E-state index in [9.17, 15) is 17.3 Å². The quantitative estimate of drug-likeness (QED) is 0.285. The molecule has 3 aliphatic rings. The van der Waals surface area contributed by atoms with Gasteiger partial charge in [-0.25, -0.2) is 0 Å². The number of fused-ring (bicyclic) bond motifs is 2. The third kappa shape index (κ3) is 11.7. The van der Waals surface area contributed by atoms with E-state index in [0.29, 0.717) is 5.41 Å². The second-order valence-electron chi connectivity index (χ2n) is 5.03. The molecule has 0 aromatic carbocycles. The zero-order valence-electron chi connectivity index (χ0n) is 12.9. The summed E-state index contributed by atoms with van der Waals surface area (Å²) in [6.45, 7) is 20.5. The normalized spacial score (nSPS) is 22.8. The van der Waals surface area contributed by atoms with Crippen LogP contribution in [-0.2, 0) is 31.0 Å². The van der Waals surface area contributed by atoms with Crippen LogP contribution >= 0.6 is 0 Å². The summed E-state index contributed by atoms with van der Waals surface area (Å²) < 4.78 is 61.5. The van der Waals surface area contributed by atoms with E-state index in [2.05, 4.69) is 53.6 Å². The van der Waals surface area contributed by atoms with Crippen LogP contribution in [0.4, 0.5) is 17.3 Å². The summed E-state index contributed by atoms with van der Waals surface area (Å²) in [5.41, 5.74) is 0.608. The van der Waals surface area contributed by atoms with Gasteiger partial charge in [0.2, 0.25) is 0 Å². The second-order valence-corrected chi connectivity index (χ2v) is 5.03. The Labute approximate surface area is 145 Å². The average Bonchev–Trinajstić information content (AvgIpc) is 2.51. The summed E-state index contributed by atoms with van der Waals surface area (Å²) in [5.74, 6) is 3.47. The van der Waals surface area contributed by atoms with Crippen LogP contribution in [0, 0.1) is 56.0 Å². The molecule has 0 aliphatic heterocycles. The molecule has 3 nitrogen and oxygen atoms in total. The zero-order valence-corrected chi connectivity index (χ0v) is 14.0. The maximum absolute atomic E-state index is 9.75. The van der Waals surface area contributed by atoms with Gasteiger partial charge in [0, 0.05) is 17.1 Å². The van der Waals surface area contributed by atoms with Gasteiger partial charge in [-0.3, -0.25) is 0 Å². The first-order valence-corrected chi connectivity index (χ1v) is 6.14. The first-order chi connectivity index (χ1) is 10.2. The molecular weight excluding hydrogens is 359 g/mol. The molecule has 3 aliphatic carbocycles. The van der Waals surface area contributed by atoms with E-state index >= 15 is 0 Å². The number of rotatable bonds is 1. The van der Waals surface area contributed by atoms with Crippen molar-refractivity contribution in [2.75, 3.05) is 0 Å². The Balaban J connectivity index is -0.000000130. The van der Waals surface area contributed by atoms with Crippen LogP contribution in [0.3, 0.4) is 0 Å². The fourth-order valence-corrected chi connectivity index (χ4v) is 2.72. The topological polar surface area (TPSA) is 59.7 Å². The van der Waals surface area contributed by atoms with Crippen LogP contribution in [0.1, 0.15) is 33.6 Å². The van der Waals surface area contributed by atoms with Crippen LogP contribution in [-0.4, -0.2) is 7.25 Å². The van der Waals surface area contributed by atoms with E-state index in [1.807, 2.05) is 0 Å². The standard InChI is InChI=1S/C11H17.3CO.BF4.Fe/c1-4-8-5-6-9-7-10(8)11(9,2)3;3*1-2;2-1(3,4)5;/h4-5,9-10H,6-7H2,1-3H3;;;;;/q;;;;-1;/t9-,10-;;;;;/m0...../s1. The minimum absolute atomic E-state index is 0. The van der Waals surface area contributed by atoms with Gasteiger partial charge in [-0.2, -0.15) is 0 Å². The number of hydrogen-bond donors (Lipinski definition) is 0. The Morgan fingerprint density at radius 2 is 1.43 bits per heavy atom. The SMILES string of the molecule is C[CH][C]1[CH]C[C@H]2C[C@@H]1C2(C)C.F[B-](F)(F)F.[C-]#[O+].[C-]#[O+].[C-]#[O+].[Fe]. The predicted octanol–water partition coefficient (Wildman–Crippen LogP) is 4.24. The maximum atomic E-state index is 9.75. The van der Waals surface area contributed by atoms with Gasteiger partial charge in [-0.1, -0.05) is 20.8 Å². The van der Waals surface area contributed by atoms with Crippen LogP contribution in [0.25, 0.3) is 0 Å². The molecule has 0 spiro atoms. The molecule has 3 rings (SSSR count). The number of hydrogen-bond acceptors (Lipinski definition) is 0. The van der Waals surface area contributed by atoms with E-state index in [1.54, 1.807) is 5.92 Å². The minimum atomic E-state index is -6.00. The second kappa shape index (κ2) is 15.1. The maximum Gasteiger partial charge on any atom is 0 e. The van der Waals surface area contributed by atoms with Gasteiger partial charge in [0.15, 0.2) is 0 Å². The summed E-state index contributed by atoms with van der Waals surface area (Å²) in [5, 5.41) is 0. The van der Waals surface area contributed by atoms with Crippen molar-refractivity contribution in [3.63, 3.8) is 0 Å². The molecule has 0 aromatic rings. The predicted molar refractivity (Wildman–Crippen MR) is 69.5 cm³/mol. The molecule has 23 heavy (non-hydrogen) atoms. The summed E-state index contributed by atoms with van der Waals surface area (Å²) in [7, 11) is -6.00.